The Morgan fingerprint density at radius 1 is 1.13 bits per heavy atom. The molecule has 0 aliphatic carbocycles. The minimum Gasteiger partial charge on any atom is -0.508 e. The highest BCUT2D eigenvalue weighted by atomic mass is 35.5. The Hall–Kier alpha value is -3.20. The first-order chi connectivity index (χ1) is 18.9. The van der Waals surface area contributed by atoms with Crippen LogP contribution >= 0.6 is 11.6 Å². The average molecular weight is 550 g/mol. The lowest BCUT2D eigenvalue weighted by Crippen LogP contribution is -2.51. The van der Waals surface area contributed by atoms with Crippen LogP contribution in [0.2, 0.25) is 5.02 Å². The first kappa shape index (κ1) is 26.0. The van der Waals surface area contributed by atoms with E-state index in [1.54, 1.807) is 18.2 Å². The quantitative estimate of drug-likeness (QED) is 0.277. The van der Waals surface area contributed by atoms with Gasteiger partial charge in [0.15, 0.2) is 5.82 Å². The van der Waals surface area contributed by atoms with Gasteiger partial charge in [0.05, 0.1) is 11.6 Å². The van der Waals surface area contributed by atoms with E-state index in [9.17, 15) is 5.11 Å². The molecule has 1 aromatic heterocycles. The van der Waals surface area contributed by atoms with Crippen molar-refractivity contribution in [2.24, 2.45) is 0 Å². The summed E-state index contributed by atoms with van der Waals surface area (Å²) < 4.78 is 22.6. The number of phenolic OH excluding ortho intramolecular Hbond substituents is 1. The summed E-state index contributed by atoms with van der Waals surface area (Å²) in [6.45, 7) is 5.95. The van der Waals surface area contributed by atoms with Crippen LogP contribution in [0.5, 0.6) is 11.8 Å². The fourth-order valence-corrected chi connectivity index (χ4v) is 6.13. The van der Waals surface area contributed by atoms with E-state index in [0.717, 1.165) is 56.2 Å². The van der Waals surface area contributed by atoms with Gasteiger partial charge in [0, 0.05) is 42.7 Å². The van der Waals surface area contributed by atoms with Crippen LogP contribution in [0.4, 0.5) is 10.2 Å². The van der Waals surface area contributed by atoms with Crippen LogP contribution in [-0.2, 0) is 0 Å². The number of rotatable bonds is 8. The van der Waals surface area contributed by atoms with Gasteiger partial charge < -0.3 is 25.0 Å². The normalized spacial score (nSPS) is 18.9. The highest BCUT2D eigenvalue weighted by molar-refractivity contribution is 6.35. The standard InChI is InChI=1S/C30H33ClFN5O2/c1-3-36(2)11-6-12-39-30-34-28-24(29(35-30)37-16-19-9-10-20(17-37)33-19)15-25(31)26(27(28)32)23-14-21(38)13-18-7-4-5-8-22(18)23/h4-5,7-8,13-15,19-20,33,38H,3,6,9-12,16-17H2,1-2H3. The largest absolute Gasteiger partial charge is 0.508 e. The molecule has 3 aromatic carbocycles. The molecule has 39 heavy (non-hydrogen) atoms. The molecule has 7 nitrogen and oxygen atoms in total. The second kappa shape index (κ2) is 10.8. The van der Waals surface area contributed by atoms with Crippen molar-refractivity contribution in [1.82, 2.24) is 20.2 Å². The fourth-order valence-electron chi connectivity index (χ4n) is 5.84. The predicted molar refractivity (Wildman–Crippen MR) is 155 cm³/mol. The Balaban J connectivity index is 1.47. The van der Waals surface area contributed by atoms with Crippen molar-refractivity contribution in [3.63, 3.8) is 0 Å². The molecule has 2 unspecified atom stereocenters. The summed E-state index contributed by atoms with van der Waals surface area (Å²) in [6.07, 6.45) is 3.03. The maximum atomic E-state index is 16.6. The van der Waals surface area contributed by atoms with Crippen LogP contribution < -0.4 is 15.0 Å². The van der Waals surface area contributed by atoms with Crippen LogP contribution in [0, 0.1) is 5.82 Å². The molecule has 6 rings (SSSR count). The van der Waals surface area contributed by atoms with E-state index in [4.69, 9.17) is 21.3 Å². The number of phenols is 1. The number of hydrogen-bond acceptors (Lipinski definition) is 7. The van der Waals surface area contributed by atoms with E-state index in [2.05, 4.69) is 34.1 Å². The maximum Gasteiger partial charge on any atom is 0.319 e. The van der Waals surface area contributed by atoms with Gasteiger partial charge in [-0.05, 0) is 67.4 Å². The van der Waals surface area contributed by atoms with Crippen molar-refractivity contribution in [2.45, 2.75) is 38.3 Å². The number of nitrogens with zero attached hydrogens (tertiary/aromatic N) is 4. The molecule has 2 atom stereocenters. The minimum absolute atomic E-state index is 0.0417. The van der Waals surface area contributed by atoms with Crippen molar-refractivity contribution in [3.8, 4) is 22.9 Å². The van der Waals surface area contributed by atoms with Gasteiger partial charge in [-0.1, -0.05) is 42.8 Å². The Morgan fingerprint density at radius 3 is 2.67 bits per heavy atom. The number of anilines is 1. The van der Waals surface area contributed by atoms with Crippen LogP contribution in [-0.4, -0.2) is 71.9 Å². The molecule has 204 valence electrons. The third-order valence-corrected chi connectivity index (χ3v) is 8.23. The fraction of sp³-hybridized carbons (Fsp3) is 0.400. The molecule has 2 N–H and O–H groups in total. The summed E-state index contributed by atoms with van der Waals surface area (Å²) in [5, 5.41) is 16.5. The van der Waals surface area contributed by atoms with E-state index >= 15 is 4.39 Å². The Kier molecular flexibility index (Phi) is 7.18. The van der Waals surface area contributed by atoms with Gasteiger partial charge in [-0.3, -0.25) is 0 Å². The van der Waals surface area contributed by atoms with Crippen LogP contribution in [0.15, 0.2) is 42.5 Å². The highest BCUT2D eigenvalue weighted by Crippen LogP contribution is 2.42. The van der Waals surface area contributed by atoms with Crippen molar-refractivity contribution in [2.75, 3.05) is 44.7 Å². The summed E-state index contributed by atoms with van der Waals surface area (Å²) in [5.41, 5.74) is 0.885. The molecule has 4 aromatic rings. The first-order valence-corrected chi connectivity index (χ1v) is 14.0. The zero-order valence-corrected chi connectivity index (χ0v) is 23.0. The number of aromatic hydroxyl groups is 1. The molecule has 2 aliphatic heterocycles. The van der Waals surface area contributed by atoms with Gasteiger partial charge >= 0.3 is 6.01 Å². The van der Waals surface area contributed by atoms with Gasteiger partial charge in [-0.2, -0.15) is 9.97 Å². The van der Waals surface area contributed by atoms with E-state index in [0.29, 0.717) is 35.5 Å². The number of nitrogens with one attached hydrogen (secondary N) is 1. The Labute approximate surface area is 232 Å². The summed E-state index contributed by atoms with van der Waals surface area (Å²) in [7, 11) is 2.06. The summed E-state index contributed by atoms with van der Waals surface area (Å²) >= 11 is 6.82. The summed E-state index contributed by atoms with van der Waals surface area (Å²) in [6, 6.07) is 13.4. The number of ether oxygens (including phenoxy) is 1. The lowest BCUT2D eigenvalue weighted by atomic mass is 9.96. The van der Waals surface area contributed by atoms with Gasteiger partial charge in [-0.15, -0.1) is 0 Å². The molecule has 0 radical (unpaired) electrons. The zero-order valence-electron chi connectivity index (χ0n) is 22.3. The number of halogens is 2. The molecule has 0 saturated carbocycles. The Bertz CT molecular complexity index is 1520. The number of piperazine rings is 1. The molecule has 2 bridgehead atoms. The van der Waals surface area contributed by atoms with Gasteiger partial charge in [0.25, 0.3) is 0 Å². The third kappa shape index (κ3) is 5.09. The molecule has 2 fully saturated rings. The van der Waals surface area contributed by atoms with Crippen LogP contribution in [0.3, 0.4) is 0 Å². The number of hydrogen-bond donors (Lipinski definition) is 2. The van der Waals surface area contributed by atoms with Crippen molar-refractivity contribution in [1.29, 1.82) is 0 Å². The zero-order chi connectivity index (χ0) is 27.1. The lowest BCUT2D eigenvalue weighted by molar-refractivity contribution is 0.254. The number of benzene rings is 3. The van der Waals surface area contributed by atoms with Crippen molar-refractivity contribution < 1.29 is 14.2 Å². The topological polar surface area (TPSA) is 73.8 Å². The van der Waals surface area contributed by atoms with E-state index in [1.165, 1.54) is 0 Å². The lowest BCUT2D eigenvalue weighted by Gasteiger charge is -2.34. The predicted octanol–water partition coefficient (Wildman–Crippen LogP) is 5.61. The number of aromatic nitrogens is 2. The van der Waals surface area contributed by atoms with E-state index in [1.807, 2.05) is 24.3 Å². The van der Waals surface area contributed by atoms with Gasteiger partial charge in [0.1, 0.15) is 17.1 Å². The molecule has 9 heteroatoms. The molecule has 2 saturated heterocycles. The molecule has 0 spiro atoms. The summed E-state index contributed by atoms with van der Waals surface area (Å²) in [4.78, 5) is 13.8. The van der Waals surface area contributed by atoms with Gasteiger partial charge in [-0.25, -0.2) is 4.39 Å². The number of fused-ring (bicyclic) bond motifs is 4. The van der Waals surface area contributed by atoms with Gasteiger partial charge in [0.2, 0.25) is 0 Å². The summed E-state index contributed by atoms with van der Waals surface area (Å²) in [5.74, 6) is 0.137. The van der Waals surface area contributed by atoms with Crippen LogP contribution in [0.1, 0.15) is 26.2 Å². The monoisotopic (exact) mass is 549 g/mol. The van der Waals surface area contributed by atoms with E-state index in [-0.39, 0.29) is 27.9 Å². The third-order valence-electron chi connectivity index (χ3n) is 7.93. The molecule has 3 heterocycles. The first-order valence-electron chi connectivity index (χ1n) is 13.7. The minimum atomic E-state index is -0.550. The highest BCUT2D eigenvalue weighted by Gasteiger charge is 2.34. The molecule has 0 amide bonds. The van der Waals surface area contributed by atoms with Crippen LogP contribution in [0.25, 0.3) is 32.8 Å². The van der Waals surface area contributed by atoms with Crippen molar-refractivity contribution >= 4 is 39.1 Å². The molecule has 2 aliphatic rings. The van der Waals surface area contributed by atoms with E-state index < -0.39 is 5.82 Å². The molecular formula is C30H33ClFN5O2. The second-order valence-corrected chi connectivity index (χ2v) is 11.0. The second-order valence-electron chi connectivity index (χ2n) is 10.6. The maximum absolute atomic E-state index is 16.6. The SMILES string of the molecule is CCN(C)CCCOc1nc(N2CC3CCC(C2)N3)c2cc(Cl)c(-c3cc(O)cc4ccccc34)c(F)c2n1. The smallest absolute Gasteiger partial charge is 0.319 e. The average Bonchev–Trinajstić information content (AvgIpc) is 3.27. The molecular weight excluding hydrogens is 517 g/mol. The Morgan fingerprint density at radius 2 is 1.90 bits per heavy atom. The van der Waals surface area contributed by atoms with Crippen molar-refractivity contribution in [3.05, 3.63) is 53.3 Å².